The molecule has 1 aliphatic heterocycles. The van der Waals surface area contributed by atoms with Crippen LogP contribution >= 0.6 is 24.0 Å². The minimum Gasteiger partial charge on any atom is -0.379 e. The highest BCUT2D eigenvalue weighted by atomic mass is 127. The number of aliphatic imine (C=N–C) groups is 1. The van der Waals surface area contributed by atoms with Crippen LogP contribution < -0.4 is 10.6 Å². The van der Waals surface area contributed by atoms with E-state index in [1.807, 2.05) is 0 Å². The first-order valence-corrected chi connectivity index (χ1v) is 11.7. The van der Waals surface area contributed by atoms with Crippen LogP contribution in [0.4, 0.5) is 0 Å². The lowest BCUT2D eigenvalue weighted by Gasteiger charge is -2.30. The summed E-state index contributed by atoms with van der Waals surface area (Å²) in [6.07, 6.45) is 1.11. The molecule has 1 fully saturated rings. The van der Waals surface area contributed by atoms with Gasteiger partial charge in [-0.1, -0.05) is 24.3 Å². The summed E-state index contributed by atoms with van der Waals surface area (Å²) in [6.45, 7) is 19.4. The predicted molar refractivity (Wildman–Crippen MR) is 142 cm³/mol. The number of hydrogen-bond donors (Lipinski definition) is 2. The number of nitrogens with one attached hydrogen (secondary N) is 2. The molecule has 178 valence electrons. The van der Waals surface area contributed by atoms with Gasteiger partial charge in [0.15, 0.2) is 5.96 Å². The van der Waals surface area contributed by atoms with Crippen molar-refractivity contribution in [3.05, 3.63) is 35.4 Å². The van der Waals surface area contributed by atoms with Crippen LogP contribution in [-0.2, 0) is 17.8 Å². The minimum absolute atomic E-state index is 0. The molecule has 2 rings (SSSR count). The van der Waals surface area contributed by atoms with Crippen molar-refractivity contribution in [1.82, 2.24) is 20.4 Å². The average molecular weight is 546 g/mol. The zero-order chi connectivity index (χ0) is 21.8. The van der Waals surface area contributed by atoms with Crippen LogP contribution in [0.2, 0.25) is 0 Å². The molecule has 0 saturated carbocycles. The Morgan fingerprint density at radius 3 is 2.32 bits per heavy atom. The summed E-state index contributed by atoms with van der Waals surface area (Å²) in [4.78, 5) is 9.86. The number of rotatable bonds is 11. The largest absolute Gasteiger partial charge is 0.379 e. The van der Waals surface area contributed by atoms with Gasteiger partial charge in [-0.05, 0) is 52.2 Å². The highest BCUT2D eigenvalue weighted by Gasteiger charge is 2.13. The van der Waals surface area contributed by atoms with Gasteiger partial charge in [0, 0.05) is 51.4 Å². The Morgan fingerprint density at radius 2 is 1.71 bits per heavy atom. The Bertz CT molecular complexity index is 624. The predicted octanol–water partition coefficient (Wildman–Crippen LogP) is 3.70. The lowest BCUT2D eigenvalue weighted by atomic mass is 10.1. The van der Waals surface area contributed by atoms with Crippen LogP contribution in [0.1, 0.15) is 52.2 Å². The average Bonchev–Trinajstić information content (AvgIpc) is 2.73. The van der Waals surface area contributed by atoms with E-state index in [4.69, 9.17) is 9.73 Å². The third-order valence-corrected chi connectivity index (χ3v) is 5.58. The first-order chi connectivity index (χ1) is 14.5. The first-order valence-electron chi connectivity index (χ1n) is 11.7. The van der Waals surface area contributed by atoms with Gasteiger partial charge < -0.3 is 15.4 Å². The molecule has 1 aromatic rings. The van der Waals surface area contributed by atoms with E-state index in [9.17, 15) is 0 Å². The number of benzene rings is 1. The second-order valence-electron chi connectivity index (χ2n) is 8.56. The summed E-state index contributed by atoms with van der Waals surface area (Å²) in [7, 11) is 0. The van der Waals surface area contributed by atoms with E-state index in [-0.39, 0.29) is 24.0 Å². The van der Waals surface area contributed by atoms with Crippen LogP contribution in [0, 0.1) is 0 Å². The SMILES string of the molecule is CCNC(=NCc1ccccc1CN1CCOCC1)NCCCN(C(C)C)C(C)C.I. The Labute approximate surface area is 207 Å². The van der Waals surface area contributed by atoms with Crippen LogP contribution in [0.3, 0.4) is 0 Å². The fourth-order valence-electron chi connectivity index (χ4n) is 3.95. The molecule has 31 heavy (non-hydrogen) atoms. The zero-order valence-electron chi connectivity index (χ0n) is 20.2. The Hall–Kier alpha value is -0.900. The van der Waals surface area contributed by atoms with Crippen LogP contribution in [-0.4, -0.2) is 73.8 Å². The summed E-state index contributed by atoms with van der Waals surface area (Å²) >= 11 is 0. The van der Waals surface area contributed by atoms with Gasteiger partial charge in [-0.15, -0.1) is 24.0 Å². The third-order valence-electron chi connectivity index (χ3n) is 5.58. The van der Waals surface area contributed by atoms with Crippen molar-refractivity contribution in [1.29, 1.82) is 0 Å². The molecule has 0 radical (unpaired) electrons. The first kappa shape index (κ1) is 28.1. The summed E-state index contributed by atoms with van der Waals surface area (Å²) in [5.41, 5.74) is 2.66. The van der Waals surface area contributed by atoms with Gasteiger partial charge in [0.1, 0.15) is 0 Å². The molecule has 1 heterocycles. The van der Waals surface area contributed by atoms with Gasteiger partial charge in [-0.25, -0.2) is 4.99 Å². The highest BCUT2D eigenvalue weighted by Crippen LogP contribution is 2.14. The highest BCUT2D eigenvalue weighted by molar-refractivity contribution is 14.0. The summed E-state index contributed by atoms with van der Waals surface area (Å²) in [6, 6.07) is 9.82. The fourth-order valence-corrected chi connectivity index (χ4v) is 3.95. The normalized spacial score (nSPS) is 15.4. The number of ether oxygens (including phenoxy) is 1. The minimum atomic E-state index is 0. The molecule has 7 heteroatoms. The molecule has 0 atom stereocenters. The Morgan fingerprint density at radius 1 is 1.06 bits per heavy atom. The van der Waals surface area contributed by atoms with E-state index in [2.05, 4.69) is 79.3 Å². The molecule has 6 nitrogen and oxygen atoms in total. The van der Waals surface area contributed by atoms with E-state index >= 15 is 0 Å². The summed E-state index contributed by atoms with van der Waals surface area (Å²) < 4.78 is 5.48. The van der Waals surface area contributed by atoms with Gasteiger partial charge >= 0.3 is 0 Å². The van der Waals surface area contributed by atoms with Gasteiger partial charge in [0.05, 0.1) is 19.8 Å². The van der Waals surface area contributed by atoms with Gasteiger partial charge in [0.2, 0.25) is 0 Å². The van der Waals surface area contributed by atoms with Crippen LogP contribution in [0.25, 0.3) is 0 Å². The van der Waals surface area contributed by atoms with Crippen molar-refractivity contribution >= 4 is 29.9 Å². The van der Waals surface area contributed by atoms with Crippen molar-refractivity contribution in [2.45, 2.75) is 66.2 Å². The zero-order valence-corrected chi connectivity index (χ0v) is 22.5. The van der Waals surface area contributed by atoms with Crippen molar-refractivity contribution in [2.24, 2.45) is 4.99 Å². The molecule has 2 N–H and O–H groups in total. The number of nitrogens with zero attached hydrogens (tertiary/aromatic N) is 3. The monoisotopic (exact) mass is 545 g/mol. The third kappa shape index (κ3) is 10.5. The molecular weight excluding hydrogens is 501 g/mol. The molecule has 1 saturated heterocycles. The van der Waals surface area contributed by atoms with Gasteiger partial charge in [-0.3, -0.25) is 9.80 Å². The maximum absolute atomic E-state index is 5.48. The van der Waals surface area contributed by atoms with E-state index in [0.29, 0.717) is 18.6 Å². The lowest BCUT2D eigenvalue weighted by molar-refractivity contribution is 0.0341. The van der Waals surface area contributed by atoms with Crippen molar-refractivity contribution in [3.63, 3.8) is 0 Å². The van der Waals surface area contributed by atoms with Crippen molar-refractivity contribution in [2.75, 3.05) is 45.9 Å². The topological polar surface area (TPSA) is 52.1 Å². The van der Waals surface area contributed by atoms with Crippen LogP contribution in [0.15, 0.2) is 29.3 Å². The van der Waals surface area contributed by atoms with Crippen molar-refractivity contribution < 1.29 is 4.74 Å². The quantitative estimate of drug-likeness (QED) is 0.192. The lowest BCUT2D eigenvalue weighted by Crippen LogP contribution is -2.41. The molecular formula is C24H44IN5O. The second-order valence-corrected chi connectivity index (χ2v) is 8.56. The maximum atomic E-state index is 5.48. The van der Waals surface area contributed by atoms with E-state index in [1.165, 1.54) is 11.1 Å². The van der Waals surface area contributed by atoms with E-state index in [1.54, 1.807) is 0 Å². The second kappa shape index (κ2) is 15.8. The summed E-state index contributed by atoms with van der Waals surface area (Å²) in [5.74, 6) is 0.902. The molecule has 0 aliphatic carbocycles. The van der Waals surface area contributed by atoms with Gasteiger partial charge in [0.25, 0.3) is 0 Å². The molecule has 1 aromatic carbocycles. The molecule has 0 aromatic heterocycles. The standard InChI is InChI=1S/C24H43N5O.HI/c1-6-25-24(26-12-9-13-29(20(2)3)21(4)5)27-18-22-10-7-8-11-23(22)19-28-14-16-30-17-15-28;/h7-8,10-11,20-21H,6,9,12-19H2,1-5H3,(H2,25,26,27);1H. The fraction of sp³-hybridized carbons (Fsp3) is 0.708. The Balaban J connectivity index is 0.00000480. The van der Waals surface area contributed by atoms with Gasteiger partial charge in [-0.2, -0.15) is 0 Å². The molecule has 0 unspecified atom stereocenters. The molecule has 1 aliphatic rings. The van der Waals surface area contributed by atoms with Crippen LogP contribution in [0.5, 0.6) is 0 Å². The Kier molecular flexibility index (Phi) is 14.4. The van der Waals surface area contributed by atoms with E-state index < -0.39 is 0 Å². The number of morpholine rings is 1. The smallest absolute Gasteiger partial charge is 0.191 e. The van der Waals surface area contributed by atoms with E-state index in [0.717, 1.165) is 64.9 Å². The maximum Gasteiger partial charge on any atom is 0.191 e. The molecule has 0 spiro atoms. The number of halogens is 1. The number of hydrogen-bond acceptors (Lipinski definition) is 4. The molecule has 0 bridgehead atoms. The summed E-state index contributed by atoms with van der Waals surface area (Å²) in [5, 5.41) is 6.90. The molecule has 0 amide bonds. The number of guanidine groups is 1. The van der Waals surface area contributed by atoms with Crippen molar-refractivity contribution in [3.8, 4) is 0 Å².